The monoisotopic (exact) mass is 293 g/mol. The first-order valence-electron chi connectivity index (χ1n) is 5.57. The first-order valence-corrected chi connectivity index (χ1v) is 6.69. The van der Waals surface area contributed by atoms with Crippen molar-refractivity contribution in [3.05, 3.63) is 47.5 Å². The zero-order chi connectivity index (χ0) is 12.5. The van der Waals surface area contributed by atoms with Crippen LogP contribution in [0.2, 0.25) is 0 Å². The van der Waals surface area contributed by atoms with Crippen LogP contribution < -0.4 is 0 Å². The van der Waals surface area contributed by atoms with Gasteiger partial charge in [0.25, 0.3) is 0 Å². The van der Waals surface area contributed by atoms with Crippen molar-refractivity contribution in [1.29, 1.82) is 0 Å². The van der Waals surface area contributed by atoms with E-state index in [4.69, 9.17) is 0 Å². The van der Waals surface area contributed by atoms with Crippen molar-refractivity contribution in [2.75, 3.05) is 0 Å². The van der Waals surface area contributed by atoms with Crippen molar-refractivity contribution < 1.29 is 0 Å². The number of aromatic nitrogens is 3. The smallest absolute Gasteiger partial charge is 0.143 e. The molecule has 0 aliphatic rings. The summed E-state index contributed by atoms with van der Waals surface area (Å²) in [7, 11) is 2.01. The first-order chi connectivity index (χ1) is 8.07. The number of rotatable bonds is 3. The van der Waals surface area contributed by atoms with E-state index in [9.17, 15) is 0 Å². The fourth-order valence-corrected chi connectivity index (χ4v) is 2.49. The van der Waals surface area contributed by atoms with Crippen LogP contribution in [0, 0.1) is 0 Å². The van der Waals surface area contributed by atoms with E-state index in [-0.39, 0.29) is 5.41 Å². The average Bonchev–Trinajstić information content (AvgIpc) is 2.72. The topological polar surface area (TPSA) is 30.7 Å². The molecule has 0 spiro atoms. The first kappa shape index (κ1) is 12.3. The van der Waals surface area contributed by atoms with Crippen LogP contribution >= 0.6 is 15.9 Å². The largest absolute Gasteiger partial charge is 0.317 e. The zero-order valence-corrected chi connectivity index (χ0v) is 11.9. The highest BCUT2D eigenvalue weighted by molar-refractivity contribution is 9.08. The maximum Gasteiger partial charge on any atom is 0.143 e. The second-order valence-electron chi connectivity index (χ2n) is 4.62. The van der Waals surface area contributed by atoms with Crippen molar-refractivity contribution in [3.8, 4) is 0 Å². The highest BCUT2D eigenvalue weighted by Crippen LogP contribution is 2.29. The van der Waals surface area contributed by atoms with Crippen molar-refractivity contribution in [2.24, 2.45) is 7.05 Å². The molecule has 0 aliphatic carbocycles. The lowest BCUT2D eigenvalue weighted by Crippen LogP contribution is -2.23. The second-order valence-corrected chi connectivity index (χ2v) is 5.18. The third-order valence-corrected chi connectivity index (χ3v) is 3.64. The Labute approximate surface area is 110 Å². The Kier molecular flexibility index (Phi) is 3.33. The molecule has 4 heteroatoms. The Morgan fingerprint density at radius 3 is 2.35 bits per heavy atom. The summed E-state index contributed by atoms with van der Waals surface area (Å²) in [6, 6.07) is 10.4. The molecule has 0 unspecified atom stereocenters. The molecule has 90 valence electrons. The summed E-state index contributed by atoms with van der Waals surface area (Å²) in [5.41, 5.74) is 1.11. The summed E-state index contributed by atoms with van der Waals surface area (Å²) in [5, 5.41) is 9.23. The van der Waals surface area contributed by atoms with E-state index in [1.165, 1.54) is 5.56 Å². The maximum atomic E-state index is 4.32. The zero-order valence-electron chi connectivity index (χ0n) is 10.3. The van der Waals surface area contributed by atoms with Crippen molar-refractivity contribution in [3.63, 3.8) is 0 Å². The normalized spacial score (nSPS) is 11.8. The van der Waals surface area contributed by atoms with E-state index >= 15 is 0 Å². The van der Waals surface area contributed by atoms with Gasteiger partial charge in [-0.15, -0.1) is 10.2 Å². The van der Waals surface area contributed by atoms with Crippen LogP contribution in [0.4, 0.5) is 0 Å². The van der Waals surface area contributed by atoms with Crippen LogP contribution in [0.5, 0.6) is 0 Å². The van der Waals surface area contributed by atoms with Crippen molar-refractivity contribution >= 4 is 15.9 Å². The summed E-state index contributed by atoms with van der Waals surface area (Å²) in [6.07, 6.45) is 0. The molecule has 1 aromatic carbocycles. The van der Waals surface area contributed by atoms with Gasteiger partial charge in [-0.3, -0.25) is 0 Å². The Morgan fingerprint density at radius 2 is 1.82 bits per heavy atom. The van der Waals surface area contributed by atoms with Crippen LogP contribution in [0.25, 0.3) is 0 Å². The standard InChI is InChI=1S/C13H16BrN3/c1-13(2,10-7-5-4-6-8-10)12-16-15-11(9-14)17(12)3/h4-8H,9H2,1-3H3. The van der Waals surface area contributed by atoms with Gasteiger partial charge in [-0.05, 0) is 19.4 Å². The quantitative estimate of drug-likeness (QED) is 0.815. The summed E-state index contributed by atoms with van der Waals surface area (Å²) in [6.45, 7) is 4.34. The molecular weight excluding hydrogens is 278 g/mol. The van der Waals surface area contributed by atoms with Crippen molar-refractivity contribution in [2.45, 2.75) is 24.6 Å². The summed E-state index contributed by atoms with van der Waals surface area (Å²) >= 11 is 3.42. The molecule has 17 heavy (non-hydrogen) atoms. The molecule has 3 nitrogen and oxygen atoms in total. The molecule has 0 amide bonds. The molecule has 2 rings (SSSR count). The molecule has 0 bridgehead atoms. The third kappa shape index (κ3) is 2.14. The SMILES string of the molecule is Cn1c(CBr)nnc1C(C)(C)c1ccccc1. The summed E-state index contributed by atoms with van der Waals surface area (Å²) < 4.78 is 2.06. The van der Waals surface area contributed by atoms with Gasteiger partial charge in [0, 0.05) is 12.5 Å². The van der Waals surface area contributed by atoms with Gasteiger partial charge < -0.3 is 4.57 Å². The van der Waals surface area contributed by atoms with Gasteiger partial charge in [0.1, 0.15) is 11.6 Å². The molecule has 0 aliphatic heterocycles. The Hall–Kier alpha value is -1.16. The minimum Gasteiger partial charge on any atom is -0.317 e. The van der Waals surface area contributed by atoms with Crippen LogP contribution in [-0.2, 0) is 17.8 Å². The number of halogens is 1. The minimum absolute atomic E-state index is 0.135. The highest BCUT2D eigenvalue weighted by Gasteiger charge is 2.28. The molecule has 1 aromatic heterocycles. The predicted molar refractivity (Wildman–Crippen MR) is 72.2 cm³/mol. The van der Waals surface area contributed by atoms with Gasteiger partial charge in [0.15, 0.2) is 0 Å². The van der Waals surface area contributed by atoms with E-state index in [1.807, 2.05) is 13.1 Å². The maximum absolute atomic E-state index is 4.32. The summed E-state index contributed by atoms with van der Waals surface area (Å²) in [5.74, 6) is 1.93. The summed E-state index contributed by atoms with van der Waals surface area (Å²) in [4.78, 5) is 0. The van der Waals surface area contributed by atoms with Gasteiger partial charge in [0.2, 0.25) is 0 Å². The van der Waals surface area contributed by atoms with Gasteiger partial charge >= 0.3 is 0 Å². The predicted octanol–water partition coefficient (Wildman–Crippen LogP) is 3.04. The fourth-order valence-electron chi connectivity index (χ4n) is 2.01. The lowest BCUT2D eigenvalue weighted by molar-refractivity contribution is 0.557. The number of nitrogens with zero attached hydrogens (tertiary/aromatic N) is 3. The Balaban J connectivity index is 2.48. The fraction of sp³-hybridized carbons (Fsp3) is 0.385. The number of benzene rings is 1. The van der Waals surface area contributed by atoms with E-state index < -0.39 is 0 Å². The highest BCUT2D eigenvalue weighted by atomic mass is 79.9. The van der Waals surface area contributed by atoms with E-state index in [2.05, 4.69) is 68.8 Å². The molecular formula is C13H16BrN3. The molecule has 0 saturated carbocycles. The molecule has 0 atom stereocenters. The van der Waals surface area contributed by atoms with Gasteiger partial charge in [-0.25, -0.2) is 0 Å². The van der Waals surface area contributed by atoms with Crippen LogP contribution in [0.1, 0.15) is 31.1 Å². The average molecular weight is 294 g/mol. The Morgan fingerprint density at radius 1 is 1.18 bits per heavy atom. The Bertz CT molecular complexity index is 503. The van der Waals surface area contributed by atoms with Gasteiger partial charge in [0.05, 0.1) is 5.33 Å². The van der Waals surface area contributed by atoms with Crippen LogP contribution in [-0.4, -0.2) is 14.8 Å². The molecule has 0 fully saturated rings. The van der Waals surface area contributed by atoms with Crippen LogP contribution in [0.3, 0.4) is 0 Å². The molecule has 1 heterocycles. The van der Waals surface area contributed by atoms with E-state index in [0.29, 0.717) is 0 Å². The van der Waals surface area contributed by atoms with Gasteiger partial charge in [-0.2, -0.15) is 0 Å². The number of alkyl halides is 1. The minimum atomic E-state index is -0.135. The van der Waals surface area contributed by atoms with E-state index in [1.54, 1.807) is 0 Å². The number of hydrogen-bond donors (Lipinski definition) is 0. The van der Waals surface area contributed by atoms with Gasteiger partial charge in [-0.1, -0.05) is 46.3 Å². The second kappa shape index (κ2) is 4.61. The molecule has 2 aromatic rings. The van der Waals surface area contributed by atoms with E-state index in [0.717, 1.165) is 17.0 Å². The van der Waals surface area contributed by atoms with Crippen LogP contribution in [0.15, 0.2) is 30.3 Å². The molecule has 0 radical (unpaired) electrons. The lowest BCUT2D eigenvalue weighted by atomic mass is 9.84. The number of hydrogen-bond acceptors (Lipinski definition) is 2. The third-order valence-electron chi connectivity index (χ3n) is 3.14. The molecule has 0 saturated heterocycles. The lowest BCUT2D eigenvalue weighted by Gasteiger charge is -2.24. The molecule has 0 N–H and O–H groups in total. The van der Waals surface area contributed by atoms with Crippen molar-refractivity contribution in [1.82, 2.24) is 14.8 Å².